The van der Waals surface area contributed by atoms with E-state index in [-0.39, 0.29) is 18.4 Å². The largest absolute Gasteiger partial charge is 0.494 e. The molecule has 150 valence electrons. The second-order valence-corrected chi connectivity index (χ2v) is 6.77. The normalized spacial score (nSPS) is 11.1. The molecule has 1 amide bonds. The number of ether oxygens (including phenoxy) is 2. The molecule has 2 rings (SSSR count). The number of halogens is 1. The molecule has 7 nitrogen and oxygen atoms in total. The van der Waals surface area contributed by atoms with Crippen LogP contribution < -0.4 is 25.8 Å². The zero-order chi connectivity index (χ0) is 20.5. The summed E-state index contributed by atoms with van der Waals surface area (Å²) in [6.07, 6.45) is 0. The predicted molar refractivity (Wildman–Crippen MR) is 116 cm³/mol. The second-order valence-electron chi connectivity index (χ2n) is 5.86. The third kappa shape index (κ3) is 6.45. The number of nitrogens with one attached hydrogen (secondary N) is 2. The molecule has 0 aliphatic rings. The lowest BCUT2D eigenvalue weighted by atomic mass is 10.2. The van der Waals surface area contributed by atoms with Crippen molar-refractivity contribution in [2.24, 2.45) is 10.7 Å². The Kier molecular flexibility index (Phi) is 8.13. The third-order valence-electron chi connectivity index (χ3n) is 3.69. The van der Waals surface area contributed by atoms with E-state index in [2.05, 4.69) is 31.6 Å². The molecular formula is C20H25BrN4O3. The van der Waals surface area contributed by atoms with Gasteiger partial charge in [0.1, 0.15) is 18.0 Å². The van der Waals surface area contributed by atoms with E-state index in [0.717, 1.165) is 15.7 Å². The molecule has 0 saturated heterocycles. The maximum atomic E-state index is 12.2. The van der Waals surface area contributed by atoms with Crippen LogP contribution in [0.2, 0.25) is 0 Å². The number of amides is 1. The van der Waals surface area contributed by atoms with E-state index >= 15 is 0 Å². The number of guanidine groups is 1. The molecule has 0 aliphatic heterocycles. The molecule has 2 aromatic rings. The van der Waals surface area contributed by atoms with Crippen molar-refractivity contribution in [1.29, 1.82) is 0 Å². The lowest BCUT2D eigenvalue weighted by molar-refractivity contribution is -0.114. The topological polar surface area (TPSA) is 98.0 Å². The average Bonchev–Trinajstić information content (AvgIpc) is 2.65. The van der Waals surface area contributed by atoms with Crippen LogP contribution in [0.5, 0.6) is 11.5 Å². The lowest BCUT2D eigenvalue weighted by Gasteiger charge is -2.14. The molecule has 0 aromatic heterocycles. The Hall–Kier alpha value is -2.74. The van der Waals surface area contributed by atoms with Gasteiger partial charge in [-0.1, -0.05) is 22.0 Å². The standard InChI is InChI=1S/C20H25BrN4O3/c1-4-27-15-8-9-18(28-5-2)17(11-15)25-20(22)23-12-19(26)24-16-10-14(21)7-6-13(16)3/h6-11H,4-5,12H2,1-3H3,(H,24,26)(H3,22,23,25). The number of nitrogens with zero attached hydrogens (tertiary/aromatic N) is 1. The van der Waals surface area contributed by atoms with Crippen LogP contribution in [0.25, 0.3) is 0 Å². The molecule has 28 heavy (non-hydrogen) atoms. The first-order valence-corrected chi connectivity index (χ1v) is 9.74. The summed E-state index contributed by atoms with van der Waals surface area (Å²) in [7, 11) is 0. The van der Waals surface area contributed by atoms with Gasteiger partial charge in [-0.2, -0.15) is 0 Å². The number of carbonyl (C=O) groups is 1. The van der Waals surface area contributed by atoms with Crippen molar-refractivity contribution >= 4 is 39.2 Å². The number of carbonyl (C=O) groups excluding carboxylic acids is 1. The van der Waals surface area contributed by atoms with E-state index in [0.29, 0.717) is 30.4 Å². The van der Waals surface area contributed by atoms with Crippen LogP contribution in [0.3, 0.4) is 0 Å². The van der Waals surface area contributed by atoms with E-state index in [1.54, 1.807) is 12.1 Å². The summed E-state index contributed by atoms with van der Waals surface area (Å²) in [5.74, 6) is 1.15. The molecule has 4 N–H and O–H groups in total. The summed E-state index contributed by atoms with van der Waals surface area (Å²) < 4.78 is 12.0. The molecule has 0 fully saturated rings. The summed E-state index contributed by atoms with van der Waals surface area (Å²) in [5, 5.41) is 5.79. The molecule has 8 heteroatoms. The number of hydrogen-bond donors (Lipinski definition) is 3. The zero-order valence-electron chi connectivity index (χ0n) is 16.2. The van der Waals surface area contributed by atoms with E-state index < -0.39 is 0 Å². The van der Waals surface area contributed by atoms with Crippen LogP contribution in [0, 0.1) is 6.92 Å². The molecule has 0 radical (unpaired) electrons. The van der Waals surface area contributed by atoms with Gasteiger partial charge in [-0.3, -0.25) is 4.79 Å². The van der Waals surface area contributed by atoms with Crippen molar-refractivity contribution < 1.29 is 14.3 Å². The maximum absolute atomic E-state index is 12.2. The van der Waals surface area contributed by atoms with Crippen molar-refractivity contribution in [3.63, 3.8) is 0 Å². The molecule has 0 aliphatic carbocycles. The molecule has 0 atom stereocenters. The number of anilines is 2. The summed E-state index contributed by atoms with van der Waals surface area (Å²) in [4.78, 5) is 16.3. The van der Waals surface area contributed by atoms with Gasteiger partial charge in [0.15, 0.2) is 5.96 Å². The molecule has 0 spiro atoms. The number of aryl methyl sites for hydroxylation is 1. The van der Waals surface area contributed by atoms with Gasteiger partial charge >= 0.3 is 0 Å². The average molecular weight is 449 g/mol. The van der Waals surface area contributed by atoms with Gasteiger partial charge in [0.2, 0.25) is 5.91 Å². The highest BCUT2D eigenvalue weighted by atomic mass is 79.9. The Bertz CT molecular complexity index is 855. The van der Waals surface area contributed by atoms with Crippen molar-refractivity contribution in [3.05, 3.63) is 46.4 Å². The predicted octanol–water partition coefficient (Wildman–Crippen LogP) is 3.92. The fraction of sp³-hybridized carbons (Fsp3) is 0.300. The highest BCUT2D eigenvalue weighted by Gasteiger charge is 2.09. The van der Waals surface area contributed by atoms with Crippen LogP contribution in [-0.2, 0) is 4.79 Å². The molecule has 0 heterocycles. The van der Waals surface area contributed by atoms with Crippen molar-refractivity contribution in [1.82, 2.24) is 0 Å². The maximum Gasteiger partial charge on any atom is 0.246 e. The summed E-state index contributed by atoms with van der Waals surface area (Å²) in [5.41, 5.74) is 8.25. The van der Waals surface area contributed by atoms with Crippen LogP contribution >= 0.6 is 15.9 Å². The van der Waals surface area contributed by atoms with E-state index in [9.17, 15) is 4.79 Å². The molecular weight excluding hydrogens is 424 g/mol. The van der Waals surface area contributed by atoms with Crippen molar-refractivity contribution in [3.8, 4) is 11.5 Å². The van der Waals surface area contributed by atoms with E-state index in [1.165, 1.54) is 0 Å². The fourth-order valence-corrected chi connectivity index (χ4v) is 2.76. The van der Waals surface area contributed by atoms with Gasteiger partial charge in [0.05, 0.1) is 18.9 Å². The number of benzene rings is 2. The quantitative estimate of drug-likeness (QED) is 0.419. The van der Waals surface area contributed by atoms with Gasteiger partial charge in [0.25, 0.3) is 0 Å². The number of rotatable bonds is 8. The molecule has 0 saturated carbocycles. The summed E-state index contributed by atoms with van der Waals surface area (Å²) in [6.45, 7) is 6.67. The Morgan fingerprint density at radius 2 is 1.82 bits per heavy atom. The minimum Gasteiger partial charge on any atom is -0.494 e. The molecule has 2 aromatic carbocycles. The number of nitrogens with two attached hydrogens (primary N) is 1. The first kappa shape index (κ1) is 21.6. The Morgan fingerprint density at radius 1 is 1.07 bits per heavy atom. The van der Waals surface area contributed by atoms with Crippen molar-refractivity contribution in [2.45, 2.75) is 20.8 Å². The Balaban J connectivity index is 2.04. The minimum absolute atomic E-state index is 0.107. The summed E-state index contributed by atoms with van der Waals surface area (Å²) in [6, 6.07) is 11.1. The monoisotopic (exact) mass is 448 g/mol. The van der Waals surface area contributed by atoms with Gasteiger partial charge < -0.3 is 25.8 Å². The number of hydrogen-bond acceptors (Lipinski definition) is 4. The van der Waals surface area contributed by atoms with Gasteiger partial charge in [-0.05, 0) is 50.6 Å². The SMILES string of the molecule is CCOc1ccc(OCC)c(NC(N)=NCC(=O)Nc2cc(Br)ccc2C)c1. The fourth-order valence-electron chi connectivity index (χ4n) is 2.40. The van der Waals surface area contributed by atoms with E-state index in [1.807, 2.05) is 45.0 Å². The minimum atomic E-state index is -0.265. The van der Waals surface area contributed by atoms with Crippen LogP contribution in [-0.4, -0.2) is 31.6 Å². The highest BCUT2D eigenvalue weighted by Crippen LogP contribution is 2.29. The Morgan fingerprint density at radius 3 is 2.54 bits per heavy atom. The van der Waals surface area contributed by atoms with Gasteiger partial charge in [-0.15, -0.1) is 0 Å². The molecule has 0 unspecified atom stereocenters. The van der Waals surface area contributed by atoms with Gasteiger partial charge in [-0.25, -0.2) is 4.99 Å². The first-order valence-electron chi connectivity index (χ1n) is 8.95. The van der Waals surface area contributed by atoms with Crippen molar-refractivity contribution in [2.75, 3.05) is 30.4 Å². The number of aliphatic imine (C=N–C) groups is 1. The zero-order valence-corrected chi connectivity index (χ0v) is 17.8. The van der Waals surface area contributed by atoms with Gasteiger partial charge in [0, 0.05) is 16.2 Å². The lowest BCUT2D eigenvalue weighted by Crippen LogP contribution is -2.25. The second kappa shape index (κ2) is 10.6. The molecule has 0 bridgehead atoms. The third-order valence-corrected chi connectivity index (χ3v) is 4.18. The highest BCUT2D eigenvalue weighted by molar-refractivity contribution is 9.10. The van der Waals surface area contributed by atoms with Crippen LogP contribution in [0.4, 0.5) is 11.4 Å². The first-order chi connectivity index (χ1) is 13.4. The van der Waals surface area contributed by atoms with Crippen LogP contribution in [0.15, 0.2) is 45.9 Å². The van der Waals surface area contributed by atoms with Crippen LogP contribution in [0.1, 0.15) is 19.4 Å². The summed E-state index contributed by atoms with van der Waals surface area (Å²) >= 11 is 3.39. The Labute approximate surface area is 173 Å². The smallest absolute Gasteiger partial charge is 0.246 e. The van der Waals surface area contributed by atoms with E-state index in [4.69, 9.17) is 15.2 Å².